The predicted octanol–water partition coefficient (Wildman–Crippen LogP) is 6.88. The monoisotopic (exact) mass is 491 g/mol. The van der Waals surface area contributed by atoms with Crippen LogP contribution in [0.25, 0.3) is 15.8 Å². The zero-order chi connectivity index (χ0) is 24.9. The summed E-state index contributed by atoms with van der Waals surface area (Å²) in [6.07, 6.45) is 5.66. The average Bonchev–Trinajstić information content (AvgIpc) is 3.19. The van der Waals surface area contributed by atoms with Gasteiger partial charge < -0.3 is 14.9 Å². The van der Waals surface area contributed by atoms with Crippen molar-refractivity contribution < 1.29 is 13.9 Å². The molecule has 1 N–H and O–H groups in total. The quantitative estimate of drug-likeness (QED) is 0.262. The second kappa shape index (κ2) is 11.1. The highest BCUT2D eigenvalue weighted by Crippen LogP contribution is 2.43. The molecule has 182 valence electrons. The largest absolute Gasteiger partial charge is 0.494 e. The second-order valence-electron chi connectivity index (χ2n) is 8.43. The lowest BCUT2D eigenvalue weighted by Gasteiger charge is -2.23. The highest BCUT2D eigenvalue weighted by atomic mass is 32.1. The number of fused-ring (bicyclic) bond motifs is 2. The minimum absolute atomic E-state index is 0.214. The molecule has 0 spiro atoms. The van der Waals surface area contributed by atoms with E-state index in [1.807, 2.05) is 19.9 Å². The molecule has 7 heteroatoms. The van der Waals surface area contributed by atoms with Crippen LogP contribution in [0.2, 0.25) is 0 Å². The Kier molecular flexibility index (Phi) is 7.91. The number of rotatable bonds is 9. The summed E-state index contributed by atoms with van der Waals surface area (Å²) < 4.78 is 24.9. The molecule has 5 nitrogen and oxygen atoms in total. The van der Waals surface area contributed by atoms with Gasteiger partial charge in [-0.3, -0.25) is 4.99 Å². The third-order valence-electron chi connectivity index (χ3n) is 6.22. The minimum Gasteiger partial charge on any atom is -0.494 e. The summed E-state index contributed by atoms with van der Waals surface area (Å²) in [6, 6.07) is 7.08. The van der Waals surface area contributed by atoms with Crippen LogP contribution in [0.5, 0.6) is 5.75 Å². The van der Waals surface area contributed by atoms with Crippen LogP contribution in [-0.4, -0.2) is 36.7 Å². The molecule has 3 aromatic rings. The molecule has 0 saturated carbocycles. The fourth-order valence-corrected chi connectivity index (χ4v) is 5.69. The summed E-state index contributed by atoms with van der Waals surface area (Å²) in [6.45, 7) is 8.49. The van der Waals surface area contributed by atoms with Gasteiger partial charge in [-0.15, -0.1) is 17.1 Å². The summed E-state index contributed by atoms with van der Waals surface area (Å²) >= 11 is 1.52. The fourth-order valence-electron chi connectivity index (χ4n) is 4.52. The number of hydrogen-bond acceptors (Lipinski definition) is 6. The number of aryl methyl sites for hydroxylation is 2. The van der Waals surface area contributed by atoms with Gasteiger partial charge in [-0.1, -0.05) is 12.6 Å². The Hall–Kier alpha value is -3.12. The van der Waals surface area contributed by atoms with Gasteiger partial charge in [0, 0.05) is 36.0 Å². The maximum Gasteiger partial charge on any atom is 0.165 e. The van der Waals surface area contributed by atoms with Crippen LogP contribution >= 0.6 is 11.3 Å². The Balaban J connectivity index is 1.64. The van der Waals surface area contributed by atoms with E-state index in [0.717, 1.165) is 51.3 Å². The molecular weight excluding hydrogens is 461 g/mol. The lowest BCUT2D eigenvalue weighted by Crippen LogP contribution is -2.23. The maximum absolute atomic E-state index is 14.1. The molecule has 2 heterocycles. The van der Waals surface area contributed by atoms with E-state index in [0.29, 0.717) is 30.7 Å². The average molecular weight is 492 g/mol. The summed E-state index contributed by atoms with van der Waals surface area (Å²) in [7, 11) is 1.44. The SMILES string of the molecule is C=C=C(C(=N)CCc1ccc(OC)c(F)c1)c1sc2nc3c(cc2c1N=CC)CC(OCC)CC3. The van der Waals surface area contributed by atoms with Crippen LogP contribution in [0.15, 0.2) is 41.6 Å². The first-order chi connectivity index (χ1) is 17.0. The summed E-state index contributed by atoms with van der Waals surface area (Å²) in [5.41, 5.74) is 7.91. The first-order valence-corrected chi connectivity index (χ1v) is 12.7. The number of thiophene rings is 1. The fraction of sp³-hybridized carbons (Fsp3) is 0.357. The van der Waals surface area contributed by atoms with Crippen LogP contribution in [-0.2, 0) is 24.0 Å². The number of aromatic nitrogens is 1. The molecule has 1 aromatic carbocycles. The van der Waals surface area contributed by atoms with Crippen LogP contribution in [0.3, 0.4) is 0 Å². The van der Waals surface area contributed by atoms with Crippen molar-refractivity contribution in [2.45, 2.75) is 52.1 Å². The second-order valence-corrected chi connectivity index (χ2v) is 9.43. The smallest absolute Gasteiger partial charge is 0.165 e. The van der Waals surface area contributed by atoms with Crippen LogP contribution in [0, 0.1) is 11.2 Å². The van der Waals surface area contributed by atoms with Gasteiger partial charge in [0.15, 0.2) is 11.6 Å². The Morgan fingerprint density at radius 2 is 2.23 bits per heavy atom. The van der Waals surface area contributed by atoms with Crippen molar-refractivity contribution in [3.05, 3.63) is 64.1 Å². The molecule has 2 aromatic heterocycles. The molecule has 4 rings (SSSR count). The van der Waals surface area contributed by atoms with Crippen molar-refractivity contribution in [2.75, 3.05) is 13.7 Å². The number of hydrogen-bond donors (Lipinski definition) is 1. The Bertz CT molecular complexity index is 1340. The standard InChI is InChI=1S/C28H30FN3O2S/c1-5-20(23(30)11-8-17-9-13-25(33-4)22(29)14-17)27-26(31-6-2)21-16-18-15-19(34-7-3)10-12-24(18)32-28(21)35-27/h6,9,13-14,16,19,30H,1,7-8,10-12,15H2,2-4H3. The number of allylic oxidation sites excluding steroid dienone is 1. The normalized spacial score (nSPS) is 15.3. The van der Waals surface area contributed by atoms with Crippen molar-refractivity contribution in [3.63, 3.8) is 0 Å². The third-order valence-corrected chi connectivity index (χ3v) is 7.33. The number of halogens is 1. The molecular formula is C28H30FN3O2S. The maximum atomic E-state index is 14.1. The predicted molar refractivity (Wildman–Crippen MR) is 142 cm³/mol. The highest BCUT2D eigenvalue weighted by Gasteiger charge is 2.24. The van der Waals surface area contributed by atoms with Crippen molar-refractivity contribution in [2.24, 2.45) is 4.99 Å². The number of ether oxygens (including phenoxy) is 2. The van der Waals surface area contributed by atoms with Gasteiger partial charge in [-0.2, -0.15) is 0 Å². The molecule has 0 fully saturated rings. The third kappa shape index (κ3) is 5.27. The van der Waals surface area contributed by atoms with Gasteiger partial charge in [-0.05, 0) is 68.9 Å². The molecule has 1 unspecified atom stereocenters. The number of nitrogens with zero attached hydrogens (tertiary/aromatic N) is 2. The molecule has 0 radical (unpaired) electrons. The molecule has 0 amide bonds. The molecule has 1 aliphatic carbocycles. The van der Waals surface area contributed by atoms with Crippen molar-refractivity contribution in [3.8, 4) is 5.75 Å². The Labute approximate surface area is 209 Å². The summed E-state index contributed by atoms with van der Waals surface area (Å²) in [5, 5.41) is 9.75. The molecule has 1 aliphatic rings. The molecule has 0 aliphatic heterocycles. The number of pyridine rings is 1. The molecule has 0 bridgehead atoms. The number of nitrogens with one attached hydrogen (secondary N) is 1. The first kappa shape index (κ1) is 25.0. The van der Waals surface area contributed by atoms with Gasteiger partial charge in [0.2, 0.25) is 0 Å². The lowest BCUT2D eigenvalue weighted by atomic mass is 9.92. The van der Waals surface area contributed by atoms with Gasteiger partial charge in [0.25, 0.3) is 0 Å². The van der Waals surface area contributed by atoms with Crippen LogP contribution in [0.4, 0.5) is 10.1 Å². The lowest BCUT2D eigenvalue weighted by molar-refractivity contribution is 0.0531. The first-order valence-electron chi connectivity index (χ1n) is 11.8. The van der Waals surface area contributed by atoms with E-state index in [4.69, 9.17) is 19.9 Å². The van der Waals surface area contributed by atoms with Crippen molar-refractivity contribution in [1.29, 1.82) is 5.41 Å². The van der Waals surface area contributed by atoms with Crippen LogP contribution in [0.1, 0.15) is 48.4 Å². The summed E-state index contributed by atoms with van der Waals surface area (Å²) in [4.78, 5) is 11.4. The Morgan fingerprint density at radius 3 is 2.91 bits per heavy atom. The summed E-state index contributed by atoms with van der Waals surface area (Å²) in [5.74, 6) is -0.188. The highest BCUT2D eigenvalue weighted by molar-refractivity contribution is 7.20. The minimum atomic E-state index is -0.401. The van der Waals surface area contributed by atoms with E-state index in [1.165, 1.54) is 30.1 Å². The van der Waals surface area contributed by atoms with Crippen molar-refractivity contribution in [1.82, 2.24) is 4.98 Å². The Morgan fingerprint density at radius 1 is 1.40 bits per heavy atom. The van der Waals surface area contributed by atoms with Gasteiger partial charge in [0.05, 0.1) is 29.4 Å². The van der Waals surface area contributed by atoms with Gasteiger partial charge in [0.1, 0.15) is 4.83 Å². The van der Waals surface area contributed by atoms with Gasteiger partial charge >= 0.3 is 0 Å². The molecule has 35 heavy (non-hydrogen) atoms. The topological polar surface area (TPSA) is 67.6 Å². The number of aliphatic imine (C=N–C) groups is 1. The molecule has 0 saturated heterocycles. The van der Waals surface area contributed by atoms with E-state index < -0.39 is 5.82 Å². The molecule has 1 atom stereocenters. The van der Waals surface area contributed by atoms with Gasteiger partial charge in [-0.25, -0.2) is 9.37 Å². The zero-order valence-electron chi connectivity index (χ0n) is 20.4. The van der Waals surface area contributed by atoms with Crippen molar-refractivity contribution >= 4 is 44.7 Å². The number of methoxy groups -OCH3 is 1. The number of benzene rings is 1. The van der Waals surface area contributed by atoms with Crippen LogP contribution < -0.4 is 4.74 Å². The van der Waals surface area contributed by atoms with E-state index in [9.17, 15) is 4.39 Å². The zero-order valence-corrected chi connectivity index (χ0v) is 21.2. The van der Waals surface area contributed by atoms with E-state index in [-0.39, 0.29) is 11.9 Å². The van der Waals surface area contributed by atoms with E-state index in [1.54, 1.807) is 12.3 Å². The van der Waals surface area contributed by atoms with E-state index >= 15 is 0 Å². The van der Waals surface area contributed by atoms with E-state index in [2.05, 4.69) is 23.4 Å².